The predicted molar refractivity (Wildman–Crippen MR) is 109 cm³/mol. The van der Waals surface area contributed by atoms with Crippen molar-refractivity contribution in [2.75, 3.05) is 51.3 Å². The molecule has 2 aromatic rings. The monoisotopic (exact) mass is 382 g/mol. The molecule has 4 rings (SSSR count). The third kappa shape index (κ3) is 5.25. The number of nitrogens with zero attached hydrogens (tertiary/aromatic N) is 6. The van der Waals surface area contributed by atoms with Crippen molar-refractivity contribution in [3.63, 3.8) is 0 Å². The van der Waals surface area contributed by atoms with Crippen molar-refractivity contribution in [2.45, 2.75) is 32.0 Å². The number of anilines is 1. The van der Waals surface area contributed by atoms with Crippen LogP contribution < -0.4 is 4.90 Å². The molecule has 0 saturated carbocycles. The molecule has 1 unspecified atom stereocenters. The smallest absolute Gasteiger partial charge is 0.225 e. The summed E-state index contributed by atoms with van der Waals surface area (Å²) in [6.45, 7) is 7.43. The largest absolute Gasteiger partial charge is 0.377 e. The van der Waals surface area contributed by atoms with Gasteiger partial charge in [0.25, 0.3) is 0 Å². The Morgan fingerprint density at radius 3 is 2.64 bits per heavy atom. The van der Waals surface area contributed by atoms with Gasteiger partial charge in [-0.05, 0) is 38.1 Å². The average Bonchev–Trinajstić information content (AvgIpc) is 3.22. The fraction of sp³-hybridized carbons (Fsp3) is 0.571. The van der Waals surface area contributed by atoms with Crippen molar-refractivity contribution < 1.29 is 4.74 Å². The van der Waals surface area contributed by atoms with Crippen LogP contribution in [0, 0.1) is 0 Å². The molecule has 1 atom stereocenters. The Labute approximate surface area is 167 Å². The number of hydrogen-bond donors (Lipinski definition) is 0. The van der Waals surface area contributed by atoms with Gasteiger partial charge in [0, 0.05) is 64.8 Å². The van der Waals surface area contributed by atoms with Crippen molar-refractivity contribution >= 4 is 5.95 Å². The quantitative estimate of drug-likeness (QED) is 0.724. The van der Waals surface area contributed by atoms with Crippen LogP contribution in [-0.2, 0) is 17.8 Å². The van der Waals surface area contributed by atoms with Crippen LogP contribution in [0.1, 0.15) is 24.2 Å². The Morgan fingerprint density at radius 2 is 1.89 bits per heavy atom. The molecule has 7 heteroatoms. The molecule has 2 saturated heterocycles. The van der Waals surface area contributed by atoms with Crippen molar-refractivity contribution in [1.82, 2.24) is 24.8 Å². The fourth-order valence-corrected chi connectivity index (χ4v) is 3.84. The van der Waals surface area contributed by atoms with E-state index in [1.54, 1.807) is 0 Å². The van der Waals surface area contributed by atoms with Gasteiger partial charge in [-0.15, -0.1) is 0 Å². The molecule has 28 heavy (non-hydrogen) atoms. The molecule has 2 aromatic heterocycles. The molecular weight excluding hydrogens is 352 g/mol. The lowest BCUT2D eigenvalue weighted by molar-refractivity contribution is 0.0670. The van der Waals surface area contributed by atoms with E-state index in [9.17, 15) is 0 Å². The lowest BCUT2D eigenvalue weighted by atomic mass is 10.2. The Morgan fingerprint density at radius 1 is 1.04 bits per heavy atom. The highest BCUT2D eigenvalue weighted by molar-refractivity contribution is 5.31. The first-order chi connectivity index (χ1) is 13.8. The van der Waals surface area contributed by atoms with Crippen LogP contribution in [0.25, 0.3) is 0 Å². The van der Waals surface area contributed by atoms with Crippen LogP contribution in [0.4, 0.5) is 5.95 Å². The molecule has 150 valence electrons. The van der Waals surface area contributed by atoms with Crippen molar-refractivity contribution in [3.8, 4) is 0 Å². The highest BCUT2D eigenvalue weighted by Crippen LogP contribution is 2.17. The second-order valence-corrected chi connectivity index (χ2v) is 7.76. The maximum Gasteiger partial charge on any atom is 0.225 e. The molecule has 0 spiro atoms. The van der Waals surface area contributed by atoms with E-state index in [-0.39, 0.29) is 0 Å². The number of rotatable bonds is 7. The highest BCUT2D eigenvalue weighted by Gasteiger charge is 2.21. The molecule has 2 aliphatic heterocycles. The molecule has 0 aromatic carbocycles. The minimum Gasteiger partial charge on any atom is -0.377 e. The normalized spacial score (nSPS) is 20.8. The Hall–Kier alpha value is -2.09. The summed E-state index contributed by atoms with van der Waals surface area (Å²) in [6, 6.07) is 8.11. The van der Waals surface area contributed by atoms with Gasteiger partial charge in [0.05, 0.1) is 17.5 Å². The van der Waals surface area contributed by atoms with Crippen LogP contribution in [-0.4, -0.2) is 77.2 Å². The lowest BCUT2D eigenvalue weighted by Gasteiger charge is -2.32. The van der Waals surface area contributed by atoms with Gasteiger partial charge in [0.1, 0.15) is 0 Å². The number of aromatic nitrogens is 3. The molecule has 2 aliphatic rings. The van der Waals surface area contributed by atoms with E-state index < -0.39 is 0 Å². The Kier molecular flexibility index (Phi) is 6.46. The summed E-state index contributed by atoms with van der Waals surface area (Å²) >= 11 is 0. The van der Waals surface area contributed by atoms with Crippen molar-refractivity contribution in [1.29, 1.82) is 0 Å². The molecule has 0 amide bonds. The number of ether oxygens (including phenoxy) is 1. The van der Waals surface area contributed by atoms with Gasteiger partial charge in [-0.25, -0.2) is 9.97 Å². The summed E-state index contributed by atoms with van der Waals surface area (Å²) in [4.78, 5) is 20.9. The van der Waals surface area contributed by atoms with E-state index >= 15 is 0 Å². The second kappa shape index (κ2) is 9.41. The first kappa shape index (κ1) is 19.2. The zero-order valence-corrected chi connectivity index (χ0v) is 16.7. The summed E-state index contributed by atoms with van der Waals surface area (Å²) in [5.74, 6) is 0.848. The standard InChI is InChI=1S/C21H30N6O/c1-25-10-12-27(13-11-25)21-23-9-7-19(24-21)16-26(17-20-6-4-14-28-20)15-18-5-2-3-8-22-18/h2-3,5,7-9,20H,4,6,10-17H2,1H3. The molecular formula is C21H30N6O. The van der Waals surface area contributed by atoms with Crippen LogP contribution in [0.5, 0.6) is 0 Å². The minimum absolute atomic E-state index is 0.308. The highest BCUT2D eigenvalue weighted by atomic mass is 16.5. The van der Waals surface area contributed by atoms with Gasteiger partial charge < -0.3 is 14.5 Å². The zero-order chi connectivity index (χ0) is 19.2. The van der Waals surface area contributed by atoms with E-state index in [1.807, 2.05) is 30.6 Å². The van der Waals surface area contributed by atoms with Gasteiger partial charge >= 0.3 is 0 Å². The predicted octanol–water partition coefficient (Wildman–Crippen LogP) is 1.80. The molecule has 0 bridgehead atoms. The number of pyridine rings is 1. The van der Waals surface area contributed by atoms with E-state index in [0.717, 1.165) is 82.6 Å². The van der Waals surface area contributed by atoms with Crippen molar-refractivity contribution in [3.05, 3.63) is 48.0 Å². The van der Waals surface area contributed by atoms with E-state index in [4.69, 9.17) is 9.72 Å². The second-order valence-electron chi connectivity index (χ2n) is 7.76. The summed E-state index contributed by atoms with van der Waals surface area (Å²) in [6.07, 6.45) is 6.34. The summed E-state index contributed by atoms with van der Waals surface area (Å²) < 4.78 is 5.88. The van der Waals surface area contributed by atoms with E-state index in [2.05, 4.69) is 37.8 Å². The minimum atomic E-state index is 0.308. The topological polar surface area (TPSA) is 57.6 Å². The first-order valence-corrected chi connectivity index (χ1v) is 10.3. The average molecular weight is 383 g/mol. The number of hydrogen-bond acceptors (Lipinski definition) is 7. The molecule has 4 heterocycles. The lowest BCUT2D eigenvalue weighted by Crippen LogP contribution is -2.45. The molecule has 2 fully saturated rings. The maximum atomic E-state index is 5.88. The summed E-state index contributed by atoms with van der Waals surface area (Å²) in [5.41, 5.74) is 2.13. The van der Waals surface area contributed by atoms with Gasteiger partial charge in [-0.2, -0.15) is 0 Å². The SMILES string of the molecule is CN1CCN(c2nccc(CN(Cc3ccccn3)CC3CCCO3)n2)CC1. The van der Waals surface area contributed by atoms with Crippen LogP contribution in [0.2, 0.25) is 0 Å². The molecule has 0 aliphatic carbocycles. The Balaban J connectivity index is 1.45. The number of likely N-dealkylation sites (N-methyl/N-ethyl adjacent to an activating group) is 1. The van der Waals surface area contributed by atoms with E-state index in [1.165, 1.54) is 0 Å². The summed E-state index contributed by atoms with van der Waals surface area (Å²) in [7, 11) is 2.16. The maximum absolute atomic E-state index is 5.88. The van der Waals surface area contributed by atoms with Gasteiger partial charge in [-0.3, -0.25) is 9.88 Å². The van der Waals surface area contributed by atoms with Gasteiger partial charge in [0.2, 0.25) is 5.95 Å². The molecule has 7 nitrogen and oxygen atoms in total. The Bertz CT molecular complexity index is 729. The van der Waals surface area contributed by atoms with Crippen LogP contribution in [0.15, 0.2) is 36.7 Å². The van der Waals surface area contributed by atoms with Crippen molar-refractivity contribution in [2.24, 2.45) is 0 Å². The third-order valence-corrected chi connectivity index (χ3v) is 5.47. The fourth-order valence-electron chi connectivity index (χ4n) is 3.84. The number of piperazine rings is 1. The van der Waals surface area contributed by atoms with Crippen LogP contribution >= 0.6 is 0 Å². The van der Waals surface area contributed by atoms with Gasteiger partial charge in [0.15, 0.2) is 0 Å². The molecule has 0 N–H and O–H groups in total. The van der Waals surface area contributed by atoms with Crippen LogP contribution in [0.3, 0.4) is 0 Å². The molecule has 0 radical (unpaired) electrons. The van der Waals surface area contributed by atoms with E-state index in [0.29, 0.717) is 6.10 Å². The third-order valence-electron chi connectivity index (χ3n) is 5.47. The first-order valence-electron chi connectivity index (χ1n) is 10.3. The van der Waals surface area contributed by atoms with Gasteiger partial charge in [-0.1, -0.05) is 6.07 Å². The summed E-state index contributed by atoms with van der Waals surface area (Å²) in [5, 5.41) is 0. The zero-order valence-electron chi connectivity index (χ0n) is 16.7.